The second-order valence-electron chi connectivity index (χ2n) is 40.9. The summed E-state index contributed by atoms with van der Waals surface area (Å²) in [5.41, 5.74) is 32.1. The summed E-state index contributed by atoms with van der Waals surface area (Å²) in [6.07, 6.45) is 0. The number of hydrogen-bond donors (Lipinski definition) is 0. The van der Waals surface area contributed by atoms with Crippen molar-refractivity contribution in [2.75, 3.05) is 0 Å². The maximum atomic E-state index is 2.51. The smallest absolute Gasteiger partial charge is 0.0623 e. The van der Waals surface area contributed by atoms with Crippen molar-refractivity contribution in [1.29, 1.82) is 0 Å². The van der Waals surface area contributed by atoms with E-state index in [2.05, 4.69) is 486 Å². The number of rotatable bonds is 4. The Hall–Kier alpha value is -15.5. The molecule has 8 heterocycles. The van der Waals surface area contributed by atoms with Gasteiger partial charge in [0.25, 0.3) is 0 Å². The zero-order chi connectivity index (χ0) is 93.2. The van der Waals surface area contributed by atoms with E-state index in [0.29, 0.717) is 0 Å². The first-order valence-electron chi connectivity index (χ1n) is 48.8. The molecule has 664 valence electrons. The van der Waals surface area contributed by atoms with Crippen molar-refractivity contribution in [3.05, 3.63) is 454 Å². The van der Waals surface area contributed by atoms with Gasteiger partial charge in [0.1, 0.15) is 0 Å². The van der Waals surface area contributed by atoms with Crippen LogP contribution in [0.5, 0.6) is 0 Å². The molecule has 140 heavy (non-hydrogen) atoms. The summed E-state index contributed by atoms with van der Waals surface area (Å²) in [6, 6.07) is 152. The summed E-state index contributed by atoms with van der Waals surface area (Å²) >= 11 is 7.84. The number of fused-ring (bicyclic) bond motifs is 37. The Labute approximate surface area is 826 Å². The lowest BCUT2D eigenvalue weighted by Crippen LogP contribution is -2.13. The Morgan fingerprint density at radius 1 is 0.164 bits per heavy atom. The fourth-order valence-corrected chi connectivity index (χ4v) is 30.3. The molecular weight excluding hydrogens is 1770 g/mol. The standard InChI is InChI=1S/4C33H23NS/c1-33(2)27-13-7-5-12-24(27)31-26-18-25-23-11-6-8-14-28(23)34(29(25)19-30(26)35-32(31)33)22-16-15-20-9-3-4-10-21(20)17-22;1-33(2)27-18-25-23-11-5-7-13-28(23)34(22-16-15-20-9-3-4-10-21(20)17-22)29(25)19-26(27)31-24-12-6-8-14-30(24)35-32(31)33;1-33(2)27-19-29-25(18-26(27)31-24-12-6-8-14-30(24)35-32(31)33)23-11-5-7-13-28(23)34(29)22-16-15-20-9-3-4-10-21(20)17-22;1-33(2)26-18-17-24-23-11-5-7-13-27(23)34(22-16-15-20-9-3-4-10-21(20)19-22)31(24)30(26)29-25-12-6-8-14-28(25)35-32(29)33/h4*3-19H,1-2H3. The van der Waals surface area contributed by atoms with E-state index in [-0.39, 0.29) is 21.7 Å². The minimum Gasteiger partial charge on any atom is -0.309 e. The largest absolute Gasteiger partial charge is 0.309 e. The van der Waals surface area contributed by atoms with E-state index in [1.165, 1.54) is 280 Å². The van der Waals surface area contributed by atoms with Crippen LogP contribution < -0.4 is 0 Å². The molecule has 4 aliphatic rings. The van der Waals surface area contributed by atoms with Crippen LogP contribution >= 0.6 is 45.3 Å². The molecule has 0 saturated heterocycles. The molecule has 0 atom stereocenters. The van der Waals surface area contributed by atoms with E-state index < -0.39 is 0 Å². The van der Waals surface area contributed by atoms with E-state index in [0.717, 1.165) is 0 Å². The Bertz CT molecular complexity index is 10200. The lowest BCUT2D eigenvalue weighted by atomic mass is 9.86. The number of benzene rings is 20. The highest BCUT2D eigenvalue weighted by molar-refractivity contribution is 7.21. The highest BCUT2D eigenvalue weighted by Gasteiger charge is 2.45. The first kappa shape index (κ1) is 81.6. The third-order valence-corrected chi connectivity index (χ3v) is 37.6. The minimum atomic E-state index is -0.0206. The predicted molar refractivity (Wildman–Crippen MR) is 605 cm³/mol. The van der Waals surface area contributed by atoms with Crippen molar-refractivity contribution < 1.29 is 0 Å². The summed E-state index contributed by atoms with van der Waals surface area (Å²) in [5, 5.41) is 26.2. The van der Waals surface area contributed by atoms with Crippen LogP contribution in [-0.2, 0) is 21.7 Å². The fraction of sp³-hybridized carbons (Fsp3) is 0.0909. The van der Waals surface area contributed by atoms with Crippen LogP contribution in [0, 0.1) is 0 Å². The normalized spacial score (nSPS) is 14.2. The molecular formula is C132H92N4S4. The topological polar surface area (TPSA) is 19.7 Å². The van der Waals surface area contributed by atoms with Crippen LogP contribution in [-0.4, -0.2) is 18.3 Å². The zero-order valence-corrected chi connectivity index (χ0v) is 81.9. The molecule has 4 aliphatic carbocycles. The molecule has 0 radical (unpaired) electrons. The Kier molecular flexibility index (Phi) is 17.5. The molecule has 8 heteroatoms. The fourth-order valence-electron chi connectivity index (χ4n) is 24.9. The minimum absolute atomic E-state index is 0.00526. The Morgan fingerprint density at radius 3 is 0.950 bits per heavy atom. The molecule has 4 nitrogen and oxygen atoms in total. The van der Waals surface area contributed by atoms with E-state index in [1.807, 2.05) is 45.3 Å². The Balaban J connectivity index is 0.0000000896. The van der Waals surface area contributed by atoms with Gasteiger partial charge in [-0.2, -0.15) is 0 Å². The van der Waals surface area contributed by atoms with E-state index >= 15 is 0 Å². The molecule has 28 aromatic rings. The first-order chi connectivity index (χ1) is 68.5. The number of aromatic nitrogens is 4. The van der Waals surface area contributed by atoms with E-state index in [1.54, 1.807) is 0 Å². The van der Waals surface area contributed by atoms with Gasteiger partial charge in [0, 0.05) is 175 Å². The van der Waals surface area contributed by atoms with Gasteiger partial charge in [0.15, 0.2) is 0 Å². The van der Waals surface area contributed by atoms with Crippen LogP contribution in [0.2, 0.25) is 0 Å². The number of hydrogen-bond acceptors (Lipinski definition) is 4. The van der Waals surface area contributed by atoms with Crippen molar-refractivity contribution in [2.45, 2.75) is 77.0 Å². The van der Waals surface area contributed by atoms with Crippen molar-refractivity contribution in [1.82, 2.24) is 18.3 Å². The van der Waals surface area contributed by atoms with E-state index in [4.69, 9.17) is 0 Å². The maximum Gasteiger partial charge on any atom is 0.0623 e. The molecule has 0 unspecified atom stereocenters. The van der Waals surface area contributed by atoms with Gasteiger partial charge in [0.2, 0.25) is 0 Å². The first-order valence-corrected chi connectivity index (χ1v) is 52.1. The molecule has 0 amide bonds. The number of nitrogens with zero attached hydrogens (tertiary/aromatic N) is 4. The summed E-state index contributed by atoms with van der Waals surface area (Å²) in [4.78, 5) is 5.95. The molecule has 0 spiro atoms. The van der Waals surface area contributed by atoms with Crippen LogP contribution in [0.1, 0.15) is 97.2 Å². The lowest BCUT2D eigenvalue weighted by Gasteiger charge is -2.20. The van der Waals surface area contributed by atoms with Crippen LogP contribution in [0.25, 0.3) is 238 Å². The molecule has 8 aromatic heterocycles. The average Bonchev–Trinajstić information content (AvgIpc) is 1.52. The molecule has 0 N–H and O–H groups in total. The van der Waals surface area contributed by atoms with Gasteiger partial charge >= 0.3 is 0 Å². The molecule has 0 saturated carbocycles. The maximum absolute atomic E-state index is 2.51. The summed E-state index contributed by atoms with van der Waals surface area (Å²) in [7, 11) is 0. The molecule has 0 fully saturated rings. The second kappa shape index (κ2) is 30.0. The van der Waals surface area contributed by atoms with Crippen molar-refractivity contribution in [2.24, 2.45) is 0 Å². The SMILES string of the molecule is CC1(C)c2cc3c(cc2-c2c1sc1ccccc21)c1ccccc1n3-c1ccc2ccccc2c1.CC1(C)c2cc3c4ccccc4n(-c4ccc5ccccc5c4)c3cc2-c2c1sc1ccccc21.CC1(C)c2ccc3c4ccccc4n(-c4ccc5ccccc5c4)c3c2-c2c1sc1ccccc21.CC1(C)c2ccccc2-c2c1sc1cc3c(cc21)c1ccccc1n3-c1ccc2ccccc2c1. The summed E-state index contributed by atoms with van der Waals surface area (Å²) in [6.45, 7) is 19.1. The van der Waals surface area contributed by atoms with Crippen LogP contribution in [0.15, 0.2) is 413 Å². The monoisotopic (exact) mass is 1860 g/mol. The van der Waals surface area contributed by atoms with E-state index in [9.17, 15) is 0 Å². The van der Waals surface area contributed by atoms with Gasteiger partial charge in [0.05, 0.1) is 44.1 Å². The zero-order valence-electron chi connectivity index (χ0n) is 78.7. The predicted octanol–water partition coefficient (Wildman–Crippen LogP) is 37.8. The Morgan fingerprint density at radius 2 is 0.479 bits per heavy atom. The van der Waals surface area contributed by atoms with Gasteiger partial charge in [-0.15, -0.1) is 45.3 Å². The lowest BCUT2D eigenvalue weighted by molar-refractivity contribution is 0.674. The van der Waals surface area contributed by atoms with Gasteiger partial charge in [-0.1, -0.05) is 341 Å². The van der Waals surface area contributed by atoms with Crippen molar-refractivity contribution in [3.8, 4) is 67.3 Å². The van der Waals surface area contributed by atoms with Gasteiger partial charge < -0.3 is 18.3 Å². The summed E-state index contributed by atoms with van der Waals surface area (Å²) < 4.78 is 15.4. The molecule has 20 aromatic carbocycles. The number of thiophene rings is 4. The van der Waals surface area contributed by atoms with Gasteiger partial charge in [-0.05, 0) is 209 Å². The second-order valence-corrected chi connectivity index (χ2v) is 45.1. The van der Waals surface area contributed by atoms with Crippen molar-refractivity contribution >= 4 is 216 Å². The highest BCUT2D eigenvalue weighted by atomic mass is 32.1. The summed E-state index contributed by atoms with van der Waals surface area (Å²) in [5.74, 6) is 0. The van der Waals surface area contributed by atoms with Gasteiger partial charge in [-0.3, -0.25) is 0 Å². The van der Waals surface area contributed by atoms with Crippen molar-refractivity contribution in [3.63, 3.8) is 0 Å². The van der Waals surface area contributed by atoms with Gasteiger partial charge in [-0.25, -0.2) is 0 Å². The molecule has 0 bridgehead atoms. The van der Waals surface area contributed by atoms with Crippen LogP contribution in [0.4, 0.5) is 0 Å². The van der Waals surface area contributed by atoms with Crippen LogP contribution in [0.3, 0.4) is 0 Å². The average molecular weight is 1860 g/mol. The third-order valence-electron chi connectivity index (χ3n) is 31.6. The molecule has 32 rings (SSSR count). The quantitative estimate of drug-likeness (QED) is 0.167. The third kappa shape index (κ3) is 11.7. The number of para-hydroxylation sites is 4. The highest BCUT2D eigenvalue weighted by Crippen LogP contribution is 2.63. The molecule has 0 aliphatic heterocycles.